The zero-order valence-corrected chi connectivity index (χ0v) is 17.1. The zero-order valence-electron chi connectivity index (χ0n) is 11.5. The van der Waals surface area contributed by atoms with E-state index in [-0.39, 0.29) is 20.9 Å². The molecule has 0 saturated carbocycles. The Bertz CT molecular complexity index is 851. The Hall–Kier alpha value is -0.473. The second-order valence-electron chi connectivity index (χ2n) is 4.42. The van der Waals surface area contributed by atoms with Crippen molar-refractivity contribution in [1.82, 2.24) is 9.78 Å². The van der Waals surface area contributed by atoms with Gasteiger partial charge in [0, 0.05) is 0 Å². The summed E-state index contributed by atoms with van der Waals surface area (Å²) in [6, 6.07) is 0.875. The van der Waals surface area contributed by atoms with Crippen LogP contribution in [0, 0.1) is 11.3 Å². The van der Waals surface area contributed by atoms with Gasteiger partial charge in [0.1, 0.15) is 17.6 Å². The highest BCUT2D eigenvalue weighted by Crippen LogP contribution is 2.43. The van der Waals surface area contributed by atoms with E-state index in [1.165, 1.54) is 12.1 Å². The number of nitrogens with two attached hydrogens (primary N) is 1. The number of rotatable bonds is 3. The topological polar surface area (TPSA) is 67.6 Å². The van der Waals surface area contributed by atoms with E-state index in [4.69, 9.17) is 67.4 Å². The van der Waals surface area contributed by atoms with E-state index in [0.717, 1.165) is 4.68 Å². The summed E-state index contributed by atoms with van der Waals surface area (Å²) in [5, 5.41) is 12.9. The van der Waals surface area contributed by atoms with Gasteiger partial charge in [-0.05, 0) is 29.1 Å². The van der Waals surface area contributed by atoms with Crippen molar-refractivity contribution in [2.24, 2.45) is 0 Å². The van der Waals surface area contributed by atoms with E-state index in [1.54, 1.807) is 6.07 Å². The summed E-state index contributed by atoms with van der Waals surface area (Å²) in [7, 11) is 0. The molecule has 2 N–H and O–H groups in total. The fourth-order valence-corrected chi connectivity index (χ4v) is 4.84. The smallest absolute Gasteiger partial charge is 0.383 e. The molecule has 0 spiro atoms. The van der Waals surface area contributed by atoms with Gasteiger partial charge in [-0.25, -0.2) is 4.68 Å². The lowest BCUT2D eigenvalue weighted by atomic mass is 10.3. The normalized spacial score (nSPS) is 12.3. The third-order valence-corrected chi connectivity index (χ3v) is 7.08. The number of hydrogen-bond acceptors (Lipinski definition) is 4. The lowest BCUT2D eigenvalue weighted by Gasteiger charge is -2.14. The average molecular weight is 487 g/mol. The number of anilines is 1. The number of alkyl halides is 3. The molecule has 0 saturated heterocycles. The summed E-state index contributed by atoms with van der Waals surface area (Å²) < 4.78 is 38.8. The van der Waals surface area contributed by atoms with Gasteiger partial charge in [-0.15, -0.1) is 33.2 Å². The summed E-state index contributed by atoms with van der Waals surface area (Å²) in [6.07, 6.45) is 0. The second kappa shape index (κ2) is 7.27. The predicted octanol–water partition coefficient (Wildman–Crippen LogP) is 5.11. The Labute approximate surface area is 168 Å². The molecular weight excluding hydrogens is 483 g/mol. The van der Waals surface area contributed by atoms with Crippen molar-refractivity contribution in [3.05, 3.63) is 27.9 Å². The van der Waals surface area contributed by atoms with Gasteiger partial charge in [0.2, 0.25) is 0 Å². The summed E-state index contributed by atoms with van der Waals surface area (Å²) in [6.45, 7) is 0. The second-order valence-corrected chi connectivity index (χ2v) is 14.7. The maximum absolute atomic E-state index is 12.7. The van der Waals surface area contributed by atoms with Crippen LogP contribution in [-0.4, -0.2) is 21.3 Å². The predicted molar refractivity (Wildman–Crippen MR) is 97.6 cm³/mol. The fraction of sp³-hybridized carbons (Fsp3) is 0.0909. The maximum atomic E-state index is 12.7. The zero-order chi connectivity index (χ0) is 19.2. The van der Waals surface area contributed by atoms with Gasteiger partial charge < -0.3 is 5.73 Å². The summed E-state index contributed by atoms with van der Waals surface area (Å²) in [5.74, 6) is -0.443. The summed E-state index contributed by atoms with van der Waals surface area (Å²) >= 11 is 29.3. The molecule has 0 aliphatic heterocycles. The Balaban J connectivity index is 2.66. The van der Waals surface area contributed by atoms with Gasteiger partial charge in [0.05, 0.1) is 14.9 Å². The van der Waals surface area contributed by atoms with Crippen LogP contribution in [0.5, 0.6) is 0 Å². The Morgan fingerprint density at radius 3 is 2.12 bits per heavy atom. The molecule has 25 heavy (non-hydrogen) atoms. The third kappa shape index (κ3) is 4.63. The van der Waals surface area contributed by atoms with Crippen molar-refractivity contribution < 1.29 is 13.2 Å². The van der Waals surface area contributed by atoms with E-state index in [9.17, 15) is 13.2 Å². The number of hydrogen-bond donors (Lipinski definition) is 1. The Morgan fingerprint density at radius 1 is 1.20 bits per heavy atom. The van der Waals surface area contributed by atoms with Gasteiger partial charge in [-0.2, -0.15) is 23.5 Å². The van der Waals surface area contributed by atoms with Crippen molar-refractivity contribution in [3.63, 3.8) is 0 Å². The summed E-state index contributed by atoms with van der Waals surface area (Å²) in [5.41, 5.74) is 0.511. The minimum absolute atomic E-state index is 0.0293. The van der Waals surface area contributed by atoms with Gasteiger partial charge in [-0.3, -0.25) is 0 Å². The first-order valence-electron chi connectivity index (χ1n) is 5.96. The van der Waals surface area contributed by atoms with Crippen molar-refractivity contribution in [1.29, 1.82) is 5.26 Å². The molecule has 0 unspecified atom stereocenters. The number of benzene rings is 1. The van der Waals surface area contributed by atoms with Gasteiger partial charge in [0.15, 0.2) is 5.69 Å². The van der Waals surface area contributed by atoms with Crippen LogP contribution in [0.3, 0.4) is 0 Å². The van der Waals surface area contributed by atoms with Crippen LogP contribution in [0.25, 0.3) is 5.69 Å². The molecular formula is C11H4Cl5F3N4SSi. The van der Waals surface area contributed by atoms with Crippen LogP contribution >= 0.6 is 68.2 Å². The van der Waals surface area contributed by atoms with Crippen molar-refractivity contribution in [2.45, 2.75) is 10.4 Å². The van der Waals surface area contributed by atoms with Gasteiger partial charge in [0.25, 0.3) is 0 Å². The minimum Gasteiger partial charge on any atom is -0.383 e. The number of thioether (sulfide) groups is 1. The average Bonchev–Trinajstić information content (AvgIpc) is 2.73. The van der Waals surface area contributed by atoms with Crippen LogP contribution in [0.15, 0.2) is 17.0 Å². The molecule has 0 bridgehead atoms. The van der Waals surface area contributed by atoms with E-state index in [2.05, 4.69) is 5.10 Å². The first-order valence-corrected chi connectivity index (χ1v) is 12.6. The standard InChI is InChI=1S/C11H4Cl5F3N4SSi/c12-5-1-4(25(14,15)16)2-6(13)8(5)23-10(21)9(7(3-20)22-23)24-11(17,18)19/h1-2H,21H2. The highest BCUT2D eigenvalue weighted by atomic mass is 35.8. The van der Waals surface area contributed by atoms with Crippen molar-refractivity contribution >= 4 is 85.2 Å². The van der Waals surface area contributed by atoms with Gasteiger partial charge in [-0.1, -0.05) is 23.2 Å². The highest BCUT2D eigenvalue weighted by molar-refractivity contribution is 8.00. The quantitative estimate of drug-likeness (QED) is 0.372. The van der Waals surface area contributed by atoms with Crippen molar-refractivity contribution in [3.8, 4) is 11.8 Å². The molecule has 0 atom stereocenters. The van der Waals surface area contributed by atoms with E-state index in [1.807, 2.05) is 0 Å². The first kappa shape index (κ1) is 20.8. The largest absolute Gasteiger partial charge is 0.446 e. The van der Waals surface area contributed by atoms with Crippen LogP contribution in [-0.2, 0) is 0 Å². The van der Waals surface area contributed by atoms with E-state index >= 15 is 0 Å². The minimum atomic E-state index is -4.66. The van der Waals surface area contributed by atoms with E-state index in [0.29, 0.717) is 0 Å². The molecule has 2 aromatic rings. The van der Waals surface area contributed by atoms with Gasteiger partial charge >= 0.3 is 11.5 Å². The number of aromatic nitrogens is 2. The third-order valence-electron chi connectivity index (χ3n) is 2.76. The molecule has 0 aliphatic rings. The van der Waals surface area contributed by atoms with Crippen LogP contribution in [0.2, 0.25) is 10.0 Å². The molecule has 0 amide bonds. The molecule has 0 radical (unpaired) electrons. The maximum Gasteiger partial charge on any atom is 0.446 e. The lowest BCUT2D eigenvalue weighted by Crippen LogP contribution is -2.30. The van der Waals surface area contributed by atoms with Crippen molar-refractivity contribution in [2.75, 3.05) is 5.73 Å². The molecule has 1 heterocycles. The molecule has 0 aliphatic carbocycles. The molecule has 4 nitrogen and oxygen atoms in total. The highest BCUT2D eigenvalue weighted by Gasteiger charge is 2.35. The Morgan fingerprint density at radius 2 is 1.72 bits per heavy atom. The molecule has 1 aromatic carbocycles. The first-order chi connectivity index (χ1) is 11.3. The Kier molecular flexibility index (Phi) is 6.06. The monoisotopic (exact) mass is 484 g/mol. The molecule has 0 fully saturated rings. The van der Waals surface area contributed by atoms with E-state index < -0.39 is 39.7 Å². The SMILES string of the molecule is N#Cc1nn(-c2c(Cl)cc([Si](Cl)(Cl)Cl)cc2Cl)c(N)c1SC(F)(F)F. The molecule has 134 valence electrons. The molecule has 2 rings (SSSR count). The summed E-state index contributed by atoms with van der Waals surface area (Å²) in [4.78, 5) is -0.554. The van der Waals surface area contributed by atoms with Crippen LogP contribution < -0.4 is 10.9 Å². The molecule has 1 aromatic heterocycles. The van der Waals surface area contributed by atoms with Crippen LogP contribution in [0.1, 0.15) is 5.69 Å². The number of nitriles is 1. The fourth-order valence-electron chi connectivity index (χ4n) is 1.81. The lowest BCUT2D eigenvalue weighted by molar-refractivity contribution is -0.0328. The van der Waals surface area contributed by atoms with Crippen LogP contribution in [0.4, 0.5) is 19.0 Å². The number of halogens is 8. The number of nitrogens with zero attached hydrogens (tertiary/aromatic N) is 3. The molecule has 14 heteroatoms. The number of nitrogen functional groups attached to an aromatic ring is 1.